The van der Waals surface area contributed by atoms with E-state index in [2.05, 4.69) is 9.97 Å². The fourth-order valence-electron chi connectivity index (χ4n) is 3.74. The molecular weight excluding hydrogens is 437 g/mol. The fraction of sp³-hybridized carbons (Fsp3) is 0.385. The summed E-state index contributed by atoms with van der Waals surface area (Å²) in [6.07, 6.45) is 1.48. The van der Waals surface area contributed by atoms with Crippen molar-refractivity contribution in [1.29, 1.82) is 0 Å². The van der Waals surface area contributed by atoms with Gasteiger partial charge in [0.2, 0.25) is 5.91 Å². The summed E-state index contributed by atoms with van der Waals surface area (Å²) in [5.41, 5.74) is 6.35. The highest BCUT2D eigenvalue weighted by atomic mass is 19.1. The zero-order valence-corrected chi connectivity index (χ0v) is 19.4. The first-order chi connectivity index (χ1) is 16.1. The maximum Gasteiger partial charge on any atom is 0.338 e. The molecule has 0 aliphatic heterocycles. The molecule has 8 heteroatoms. The van der Waals surface area contributed by atoms with E-state index >= 15 is 0 Å². The minimum absolute atomic E-state index is 0.0423. The zero-order chi connectivity index (χ0) is 24.7. The molecule has 1 amide bonds. The summed E-state index contributed by atoms with van der Waals surface area (Å²) in [5, 5.41) is 11.0. The molecule has 34 heavy (non-hydrogen) atoms. The Labute approximate surface area is 198 Å². The predicted molar refractivity (Wildman–Crippen MR) is 127 cm³/mol. The molecule has 1 heterocycles. The maximum atomic E-state index is 14.0. The van der Waals surface area contributed by atoms with E-state index in [9.17, 15) is 19.1 Å². The normalized spacial score (nSPS) is 14.4. The third kappa shape index (κ3) is 7.31. The van der Waals surface area contributed by atoms with Crippen LogP contribution in [0.3, 0.4) is 0 Å². The van der Waals surface area contributed by atoms with Crippen molar-refractivity contribution in [2.24, 2.45) is 11.7 Å². The fourth-order valence-corrected chi connectivity index (χ4v) is 3.74. The molecule has 0 fully saturated rings. The van der Waals surface area contributed by atoms with E-state index in [1.165, 1.54) is 20.0 Å². The molecule has 0 bridgehead atoms. The Hall–Kier alpha value is -3.39. The molecule has 3 aromatic rings. The van der Waals surface area contributed by atoms with Crippen molar-refractivity contribution in [1.82, 2.24) is 9.97 Å². The van der Waals surface area contributed by atoms with E-state index < -0.39 is 35.7 Å². The lowest BCUT2D eigenvalue weighted by atomic mass is 9.88. The van der Waals surface area contributed by atoms with Gasteiger partial charge in [-0.2, -0.15) is 0 Å². The number of amides is 1. The number of hydrogen-bond donors (Lipinski definition) is 2. The van der Waals surface area contributed by atoms with E-state index in [1.807, 2.05) is 30.3 Å². The Kier molecular flexibility index (Phi) is 8.28. The predicted octanol–water partition coefficient (Wildman–Crippen LogP) is 3.78. The number of nitrogens with zero attached hydrogens (tertiary/aromatic N) is 2. The zero-order valence-electron chi connectivity index (χ0n) is 19.4. The third-order valence-corrected chi connectivity index (χ3v) is 5.69. The summed E-state index contributed by atoms with van der Waals surface area (Å²) in [7, 11) is 0. The number of halogens is 1. The molecule has 7 nitrogen and oxygen atoms in total. The molecule has 0 saturated heterocycles. The number of aliphatic hydroxyl groups is 1. The summed E-state index contributed by atoms with van der Waals surface area (Å²) in [4.78, 5) is 33.3. The lowest BCUT2D eigenvalue weighted by Crippen LogP contribution is -2.38. The first-order valence-electron chi connectivity index (χ1n) is 11.2. The lowest BCUT2D eigenvalue weighted by Gasteiger charge is -2.27. The van der Waals surface area contributed by atoms with E-state index in [1.54, 1.807) is 24.4 Å². The second kappa shape index (κ2) is 11.2. The number of aromatic nitrogens is 2. The molecule has 0 saturated carbocycles. The number of primary amides is 1. The van der Waals surface area contributed by atoms with Crippen LogP contribution in [0.25, 0.3) is 11.0 Å². The Balaban J connectivity index is 1.78. The number of fused-ring (bicyclic) bond motifs is 1. The van der Waals surface area contributed by atoms with Crippen LogP contribution in [0.2, 0.25) is 0 Å². The second-order valence-corrected chi connectivity index (χ2v) is 9.05. The quantitative estimate of drug-likeness (QED) is 0.415. The smallest absolute Gasteiger partial charge is 0.338 e. The SMILES string of the molecule is CC(C)(F)CC[C@H](C[C@H](O)[C@H](Cc1ccccc1)OC(=O)c1ccc2nccnc2c1)C(N)=O. The molecule has 0 aliphatic carbocycles. The minimum atomic E-state index is -1.46. The molecule has 3 N–H and O–H groups in total. The van der Waals surface area contributed by atoms with Gasteiger partial charge in [-0.05, 0) is 56.9 Å². The summed E-state index contributed by atoms with van der Waals surface area (Å²) >= 11 is 0. The van der Waals surface area contributed by atoms with Crippen molar-refractivity contribution in [3.8, 4) is 0 Å². The van der Waals surface area contributed by atoms with Crippen LogP contribution < -0.4 is 5.73 Å². The molecule has 0 radical (unpaired) electrons. The number of rotatable bonds is 11. The van der Waals surface area contributed by atoms with Crippen molar-refractivity contribution in [3.63, 3.8) is 0 Å². The number of carbonyl (C=O) groups excluding carboxylic acids is 2. The molecule has 180 valence electrons. The van der Waals surface area contributed by atoms with E-state index in [4.69, 9.17) is 10.5 Å². The van der Waals surface area contributed by atoms with Gasteiger partial charge in [0.1, 0.15) is 11.8 Å². The standard InChI is InChI=1S/C26H30FN3O4/c1-26(2,27)11-10-18(24(28)32)16-22(31)23(14-17-6-4-3-5-7-17)34-25(33)19-8-9-20-21(15-19)30-13-12-29-20/h3-9,12-13,15,18,22-23,31H,10-11,14,16H2,1-2H3,(H2,28,32)/t18-,22+,23+/m1/s1. The minimum Gasteiger partial charge on any atom is -0.456 e. The van der Waals surface area contributed by atoms with Crippen LogP contribution in [0.15, 0.2) is 60.9 Å². The van der Waals surface area contributed by atoms with E-state index in [-0.39, 0.29) is 31.2 Å². The van der Waals surface area contributed by atoms with Crippen molar-refractivity contribution < 1.29 is 23.8 Å². The molecule has 2 aromatic carbocycles. The lowest BCUT2D eigenvalue weighted by molar-refractivity contribution is -0.124. The number of aliphatic hydroxyl groups excluding tert-OH is 1. The third-order valence-electron chi connectivity index (χ3n) is 5.69. The Morgan fingerprint density at radius 3 is 2.41 bits per heavy atom. The van der Waals surface area contributed by atoms with Gasteiger partial charge in [0.15, 0.2) is 0 Å². The van der Waals surface area contributed by atoms with Gasteiger partial charge >= 0.3 is 5.97 Å². The highest BCUT2D eigenvalue weighted by Gasteiger charge is 2.30. The first kappa shape index (κ1) is 25.2. The van der Waals surface area contributed by atoms with Crippen LogP contribution in [0.1, 0.15) is 49.0 Å². The van der Waals surface area contributed by atoms with Crippen LogP contribution in [-0.2, 0) is 16.0 Å². The van der Waals surface area contributed by atoms with Gasteiger partial charge in [-0.1, -0.05) is 30.3 Å². The van der Waals surface area contributed by atoms with Crippen molar-refractivity contribution in [2.45, 2.75) is 57.4 Å². The van der Waals surface area contributed by atoms with Crippen LogP contribution in [0.4, 0.5) is 4.39 Å². The topological polar surface area (TPSA) is 115 Å². The van der Waals surface area contributed by atoms with Crippen molar-refractivity contribution >= 4 is 22.9 Å². The first-order valence-corrected chi connectivity index (χ1v) is 11.2. The van der Waals surface area contributed by atoms with Crippen LogP contribution in [0.5, 0.6) is 0 Å². The molecule has 3 atom stereocenters. The monoisotopic (exact) mass is 467 g/mol. The number of ether oxygens (including phenoxy) is 1. The Bertz CT molecular complexity index is 1120. The number of benzene rings is 2. The second-order valence-electron chi connectivity index (χ2n) is 9.05. The maximum absolute atomic E-state index is 14.0. The highest BCUT2D eigenvalue weighted by Crippen LogP contribution is 2.25. The van der Waals surface area contributed by atoms with Gasteiger partial charge in [0, 0.05) is 24.7 Å². The van der Waals surface area contributed by atoms with Crippen molar-refractivity contribution in [3.05, 3.63) is 72.1 Å². The molecule has 0 aliphatic rings. The van der Waals surface area contributed by atoms with Gasteiger partial charge in [-0.25, -0.2) is 9.18 Å². The van der Waals surface area contributed by atoms with Gasteiger partial charge in [0.05, 0.1) is 22.7 Å². The highest BCUT2D eigenvalue weighted by molar-refractivity contribution is 5.93. The van der Waals surface area contributed by atoms with Crippen molar-refractivity contribution in [2.75, 3.05) is 0 Å². The molecule has 0 spiro atoms. The summed E-state index contributed by atoms with van der Waals surface area (Å²) in [6.45, 7) is 2.85. The average molecular weight is 468 g/mol. The summed E-state index contributed by atoms with van der Waals surface area (Å²) in [6, 6.07) is 14.1. The molecule has 1 aromatic heterocycles. The average Bonchev–Trinajstić information content (AvgIpc) is 2.80. The number of esters is 1. The van der Waals surface area contributed by atoms with Crippen LogP contribution >= 0.6 is 0 Å². The van der Waals surface area contributed by atoms with E-state index in [0.717, 1.165) is 5.56 Å². The van der Waals surface area contributed by atoms with Gasteiger partial charge in [-0.3, -0.25) is 14.8 Å². The van der Waals surface area contributed by atoms with Gasteiger partial charge in [0.25, 0.3) is 0 Å². The molecular formula is C26H30FN3O4. The molecule has 0 unspecified atom stereocenters. The Morgan fingerprint density at radius 1 is 1.09 bits per heavy atom. The summed E-state index contributed by atoms with van der Waals surface area (Å²) in [5.74, 6) is -2.01. The largest absolute Gasteiger partial charge is 0.456 e. The van der Waals surface area contributed by atoms with Crippen LogP contribution in [0, 0.1) is 5.92 Å². The number of alkyl halides is 1. The van der Waals surface area contributed by atoms with Gasteiger partial charge in [-0.15, -0.1) is 0 Å². The van der Waals surface area contributed by atoms with E-state index in [0.29, 0.717) is 11.0 Å². The number of carbonyl (C=O) groups is 2. The van der Waals surface area contributed by atoms with Gasteiger partial charge < -0.3 is 15.6 Å². The molecule has 3 rings (SSSR count). The van der Waals surface area contributed by atoms with Crippen LogP contribution in [-0.4, -0.2) is 44.8 Å². The number of hydrogen-bond acceptors (Lipinski definition) is 6. The summed E-state index contributed by atoms with van der Waals surface area (Å²) < 4.78 is 19.7. The Morgan fingerprint density at radius 2 is 1.76 bits per heavy atom. The number of nitrogens with two attached hydrogens (primary N) is 1.